The topological polar surface area (TPSA) is 89.5 Å². The van der Waals surface area contributed by atoms with Crippen LogP contribution in [0.25, 0.3) is 0 Å². The molecule has 1 aliphatic heterocycles. The Balaban J connectivity index is 1.70. The fourth-order valence-corrected chi connectivity index (χ4v) is 3.45. The van der Waals surface area contributed by atoms with Crippen LogP contribution in [0.2, 0.25) is 0 Å². The van der Waals surface area contributed by atoms with Gasteiger partial charge in [-0.3, -0.25) is 9.59 Å². The molecule has 0 radical (unpaired) electrons. The van der Waals surface area contributed by atoms with E-state index in [2.05, 4.69) is 0 Å². The second-order valence-corrected chi connectivity index (χ2v) is 7.38. The number of carbonyl (C=O) groups excluding carboxylic acids is 2. The Labute approximate surface area is 187 Å². The van der Waals surface area contributed by atoms with E-state index in [1.54, 1.807) is 31.4 Å². The lowest BCUT2D eigenvalue weighted by Gasteiger charge is -2.23. The standard InChI is InChI=1S/C24H28O8/c1-16(25)30-23-21(14-29-20-11-9-19(27-3)10-12-20)22(32-24(23)31-17(2)26)15-28-13-18-7-5-4-6-8-18/h4-12,21-24H,13-15H2,1-3H3/t21-,22-,23-,24?/m1/s1. The van der Waals surface area contributed by atoms with E-state index in [0.29, 0.717) is 18.1 Å². The SMILES string of the molecule is COc1ccc(OC[C@@H]2[C@@H](COCc3ccccc3)OC(OC(C)=O)[C@@H]2OC(C)=O)cc1. The van der Waals surface area contributed by atoms with Gasteiger partial charge in [-0.1, -0.05) is 30.3 Å². The summed E-state index contributed by atoms with van der Waals surface area (Å²) in [6.45, 7) is 3.34. The summed E-state index contributed by atoms with van der Waals surface area (Å²) in [5, 5.41) is 0. The molecule has 4 atom stereocenters. The molecule has 172 valence electrons. The highest BCUT2D eigenvalue weighted by Crippen LogP contribution is 2.32. The molecule has 8 heteroatoms. The van der Waals surface area contributed by atoms with E-state index < -0.39 is 36.4 Å². The molecule has 0 amide bonds. The van der Waals surface area contributed by atoms with Crippen molar-refractivity contribution in [3.8, 4) is 11.5 Å². The number of hydrogen-bond acceptors (Lipinski definition) is 8. The van der Waals surface area contributed by atoms with Gasteiger partial charge in [-0.25, -0.2) is 0 Å². The number of esters is 2. The Hall–Kier alpha value is -3.10. The number of carbonyl (C=O) groups is 2. The van der Waals surface area contributed by atoms with Crippen LogP contribution in [0, 0.1) is 5.92 Å². The van der Waals surface area contributed by atoms with Crippen LogP contribution in [0.5, 0.6) is 11.5 Å². The van der Waals surface area contributed by atoms with Crippen LogP contribution >= 0.6 is 0 Å². The summed E-state index contributed by atoms with van der Waals surface area (Å²) < 4.78 is 33.6. The third-order valence-electron chi connectivity index (χ3n) is 4.96. The Morgan fingerprint density at radius 2 is 1.53 bits per heavy atom. The van der Waals surface area contributed by atoms with Crippen molar-refractivity contribution in [2.45, 2.75) is 39.0 Å². The molecule has 0 aromatic heterocycles. The van der Waals surface area contributed by atoms with E-state index in [9.17, 15) is 9.59 Å². The maximum atomic E-state index is 11.7. The minimum Gasteiger partial charge on any atom is -0.497 e. The number of methoxy groups -OCH3 is 1. The van der Waals surface area contributed by atoms with Crippen LogP contribution in [0.3, 0.4) is 0 Å². The van der Waals surface area contributed by atoms with Crippen molar-refractivity contribution in [3.05, 3.63) is 60.2 Å². The quantitative estimate of drug-likeness (QED) is 0.517. The van der Waals surface area contributed by atoms with E-state index in [-0.39, 0.29) is 13.2 Å². The average molecular weight is 444 g/mol. The molecule has 0 spiro atoms. The minimum absolute atomic E-state index is 0.168. The third-order valence-corrected chi connectivity index (χ3v) is 4.96. The summed E-state index contributed by atoms with van der Waals surface area (Å²) >= 11 is 0. The normalized spacial score (nSPS) is 22.2. The van der Waals surface area contributed by atoms with E-state index in [1.807, 2.05) is 30.3 Å². The molecular weight excluding hydrogens is 416 g/mol. The van der Waals surface area contributed by atoms with Crippen molar-refractivity contribution in [2.75, 3.05) is 20.3 Å². The zero-order valence-electron chi connectivity index (χ0n) is 18.4. The predicted octanol–water partition coefficient (Wildman–Crippen LogP) is 3.13. The second-order valence-electron chi connectivity index (χ2n) is 7.38. The minimum atomic E-state index is -1.04. The molecule has 0 N–H and O–H groups in total. The number of ether oxygens (including phenoxy) is 6. The zero-order valence-corrected chi connectivity index (χ0v) is 18.4. The highest BCUT2D eigenvalue weighted by Gasteiger charge is 2.49. The van der Waals surface area contributed by atoms with Gasteiger partial charge < -0.3 is 28.4 Å². The lowest BCUT2D eigenvalue weighted by Crippen LogP contribution is -2.38. The molecule has 1 heterocycles. The van der Waals surface area contributed by atoms with Gasteiger partial charge in [0.05, 0.1) is 39.0 Å². The highest BCUT2D eigenvalue weighted by atomic mass is 16.7. The molecule has 2 aromatic rings. The van der Waals surface area contributed by atoms with Crippen molar-refractivity contribution in [3.63, 3.8) is 0 Å². The highest BCUT2D eigenvalue weighted by molar-refractivity contribution is 5.67. The molecule has 1 aliphatic rings. The van der Waals surface area contributed by atoms with E-state index in [1.165, 1.54) is 13.8 Å². The summed E-state index contributed by atoms with van der Waals surface area (Å²) in [5.74, 6) is -0.126. The first-order valence-corrected chi connectivity index (χ1v) is 10.3. The van der Waals surface area contributed by atoms with Crippen LogP contribution in [0.15, 0.2) is 54.6 Å². The number of rotatable bonds is 10. The van der Waals surface area contributed by atoms with Crippen molar-refractivity contribution in [1.29, 1.82) is 0 Å². The Kier molecular flexibility index (Phi) is 8.47. The van der Waals surface area contributed by atoms with E-state index in [4.69, 9.17) is 28.4 Å². The van der Waals surface area contributed by atoms with Crippen LogP contribution in [-0.4, -0.2) is 50.8 Å². The van der Waals surface area contributed by atoms with E-state index >= 15 is 0 Å². The molecule has 2 aromatic carbocycles. The third kappa shape index (κ3) is 6.70. The van der Waals surface area contributed by atoms with Crippen molar-refractivity contribution in [2.24, 2.45) is 5.92 Å². The molecule has 0 aliphatic carbocycles. The fourth-order valence-electron chi connectivity index (χ4n) is 3.45. The van der Waals surface area contributed by atoms with Crippen LogP contribution in [-0.2, 0) is 35.1 Å². The van der Waals surface area contributed by atoms with Gasteiger partial charge >= 0.3 is 11.9 Å². The Bertz CT molecular complexity index is 867. The maximum Gasteiger partial charge on any atom is 0.305 e. The lowest BCUT2D eigenvalue weighted by atomic mass is 9.99. The van der Waals surface area contributed by atoms with Crippen LogP contribution in [0.1, 0.15) is 19.4 Å². The van der Waals surface area contributed by atoms with Gasteiger partial charge in [0.25, 0.3) is 0 Å². The van der Waals surface area contributed by atoms with Gasteiger partial charge in [0.15, 0.2) is 6.10 Å². The second kappa shape index (κ2) is 11.5. The fraction of sp³-hybridized carbons (Fsp3) is 0.417. The molecule has 32 heavy (non-hydrogen) atoms. The van der Waals surface area contributed by atoms with Gasteiger partial charge in [-0.2, -0.15) is 0 Å². The first kappa shape index (κ1) is 23.6. The lowest BCUT2D eigenvalue weighted by molar-refractivity contribution is -0.196. The molecular formula is C24H28O8. The number of hydrogen-bond donors (Lipinski definition) is 0. The molecule has 8 nitrogen and oxygen atoms in total. The summed E-state index contributed by atoms with van der Waals surface area (Å²) in [4.78, 5) is 23.3. The molecule has 3 rings (SSSR count). The van der Waals surface area contributed by atoms with Crippen molar-refractivity contribution in [1.82, 2.24) is 0 Å². The zero-order chi connectivity index (χ0) is 22.9. The van der Waals surface area contributed by atoms with Gasteiger partial charge in [-0.15, -0.1) is 0 Å². The first-order chi connectivity index (χ1) is 15.5. The van der Waals surface area contributed by atoms with Crippen LogP contribution < -0.4 is 9.47 Å². The van der Waals surface area contributed by atoms with Gasteiger partial charge in [0.1, 0.15) is 11.5 Å². The van der Waals surface area contributed by atoms with Gasteiger partial charge in [0, 0.05) is 13.8 Å². The van der Waals surface area contributed by atoms with Gasteiger partial charge in [-0.05, 0) is 29.8 Å². The summed E-state index contributed by atoms with van der Waals surface area (Å²) in [6, 6.07) is 16.8. The molecule has 0 saturated carbocycles. The molecule has 0 bridgehead atoms. The number of benzene rings is 2. The maximum absolute atomic E-state index is 11.7. The van der Waals surface area contributed by atoms with Crippen molar-refractivity contribution < 1.29 is 38.0 Å². The van der Waals surface area contributed by atoms with E-state index in [0.717, 1.165) is 5.56 Å². The van der Waals surface area contributed by atoms with Crippen LogP contribution in [0.4, 0.5) is 0 Å². The van der Waals surface area contributed by atoms with Gasteiger partial charge in [0.2, 0.25) is 6.29 Å². The monoisotopic (exact) mass is 444 g/mol. The molecule has 1 fully saturated rings. The Morgan fingerprint density at radius 3 is 2.16 bits per heavy atom. The first-order valence-electron chi connectivity index (χ1n) is 10.3. The Morgan fingerprint density at radius 1 is 0.875 bits per heavy atom. The predicted molar refractivity (Wildman–Crippen MR) is 114 cm³/mol. The summed E-state index contributed by atoms with van der Waals surface area (Å²) in [5.41, 5.74) is 1.02. The summed E-state index contributed by atoms with van der Waals surface area (Å²) in [7, 11) is 1.59. The summed E-state index contributed by atoms with van der Waals surface area (Å²) in [6.07, 6.45) is -2.36. The molecule has 1 saturated heterocycles. The molecule has 1 unspecified atom stereocenters. The average Bonchev–Trinajstić information content (AvgIpc) is 3.08. The van der Waals surface area contributed by atoms with Crippen molar-refractivity contribution >= 4 is 11.9 Å². The largest absolute Gasteiger partial charge is 0.497 e. The smallest absolute Gasteiger partial charge is 0.305 e.